The van der Waals surface area contributed by atoms with Gasteiger partial charge in [0.05, 0.1) is 31.1 Å². The second-order valence-electron chi connectivity index (χ2n) is 9.32. The van der Waals surface area contributed by atoms with Crippen LogP contribution in [0.5, 0.6) is 0 Å². The molecule has 1 saturated carbocycles. The number of nitrogens with zero attached hydrogens (tertiary/aromatic N) is 5. The molecule has 14 heteroatoms. The highest BCUT2D eigenvalue weighted by Crippen LogP contribution is 2.37. The summed E-state index contributed by atoms with van der Waals surface area (Å²) in [5.41, 5.74) is 7.43. The van der Waals surface area contributed by atoms with Crippen molar-refractivity contribution in [1.29, 1.82) is 0 Å². The number of nitrogens with one attached hydrogen (secondary N) is 1. The van der Waals surface area contributed by atoms with Gasteiger partial charge in [-0.25, -0.2) is 4.98 Å². The second-order valence-corrected chi connectivity index (χ2v) is 9.32. The van der Waals surface area contributed by atoms with E-state index in [0.717, 1.165) is 5.56 Å². The number of amides is 1. The minimum absolute atomic E-state index is 0.0112. The van der Waals surface area contributed by atoms with Crippen molar-refractivity contribution in [2.75, 3.05) is 24.2 Å². The van der Waals surface area contributed by atoms with Gasteiger partial charge in [0.1, 0.15) is 17.7 Å². The van der Waals surface area contributed by atoms with Gasteiger partial charge in [-0.05, 0) is 24.8 Å². The zero-order chi connectivity index (χ0) is 27.6. The van der Waals surface area contributed by atoms with Crippen LogP contribution >= 0.6 is 0 Å². The van der Waals surface area contributed by atoms with Crippen LogP contribution in [0.2, 0.25) is 0 Å². The maximum absolute atomic E-state index is 13.2. The number of alkyl halides is 3. The summed E-state index contributed by atoms with van der Waals surface area (Å²) in [5.74, 6) is -1.98. The number of hydrogen-bond donors (Lipinski definition) is 5. The van der Waals surface area contributed by atoms with Crippen LogP contribution in [0, 0.1) is 0 Å². The molecule has 2 aromatic heterocycles. The van der Waals surface area contributed by atoms with Crippen LogP contribution in [0.4, 0.5) is 24.9 Å². The van der Waals surface area contributed by atoms with E-state index in [0.29, 0.717) is 11.3 Å². The van der Waals surface area contributed by atoms with Gasteiger partial charge < -0.3 is 35.8 Å². The summed E-state index contributed by atoms with van der Waals surface area (Å²) in [7, 11) is 0. The van der Waals surface area contributed by atoms with Gasteiger partial charge in [0.25, 0.3) is 0 Å². The molecule has 4 rings (SSSR count). The Bertz CT molecular complexity index is 1260. The zero-order valence-corrected chi connectivity index (χ0v) is 20.6. The van der Waals surface area contributed by atoms with Gasteiger partial charge in [-0.15, -0.1) is 0 Å². The van der Waals surface area contributed by atoms with Crippen molar-refractivity contribution in [3.8, 4) is 0 Å². The van der Waals surface area contributed by atoms with Crippen molar-refractivity contribution in [2.24, 2.45) is 0 Å². The van der Waals surface area contributed by atoms with Gasteiger partial charge >= 0.3 is 12.1 Å². The van der Waals surface area contributed by atoms with Crippen LogP contribution in [-0.2, 0) is 11.2 Å². The molecule has 0 unspecified atom stereocenters. The van der Waals surface area contributed by atoms with E-state index in [9.17, 15) is 33.3 Å². The summed E-state index contributed by atoms with van der Waals surface area (Å²) >= 11 is 0. The molecule has 1 aromatic carbocycles. The van der Waals surface area contributed by atoms with E-state index >= 15 is 0 Å². The average Bonchev–Trinajstić information content (AvgIpc) is 3.43. The van der Waals surface area contributed by atoms with Gasteiger partial charge in [0.15, 0.2) is 11.5 Å². The van der Waals surface area contributed by atoms with Crippen molar-refractivity contribution in [3.05, 3.63) is 42.2 Å². The molecule has 38 heavy (non-hydrogen) atoms. The van der Waals surface area contributed by atoms with Gasteiger partial charge in [0, 0.05) is 6.54 Å². The third-order valence-corrected chi connectivity index (χ3v) is 6.67. The minimum Gasteiger partial charge on any atom is -0.394 e. The average molecular weight is 538 g/mol. The van der Waals surface area contributed by atoms with Crippen LogP contribution in [0.25, 0.3) is 11.2 Å². The minimum atomic E-state index is -5.12. The number of aliphatic hydroxyl groups is 3. The first-order valence-electron chi connectivity index (χ1n) is 12.2. The molecular formula is C24H30F3N7O4. The summed E-state index contributed by atoms with van der Waals surface area (Å²) < 4.78 is 41.1. The Kier molecular flexibility index (Phi) is 8.04. The van der Waals surface area contributed by atoms with Crippen molar-refractivity contribution in [3.63, 3.8) is 0 Å². The SMILES string of the molecule is CCCN(C(=O)C(F)(F)F)[C@H]1C[C@@H](n2cnc3c(N)nc(N[C@H](CO)Cc4ccccc4)nc32)[C@H](O)[C@@H]1O. The quantitative estimate of drug-likeness (QED) is 0.270. The molecule has 11 nitrogen and oxygen atoms in total. The molecule has 0 bridgehead atoms. The number of hydrogen-bond acceptors (Lipinski definition) is 9. The number of carbonyl (C=O) groups excluding carboxylic acids is 1. The summed E-state index contributed by atoms with van der Waals surface area (Å²) in [6.45, 7) is 1.14. The molecule has 206 valence electrons. The first-order valence-corrected chi connectivity index (χ1v) is 12.2. The fourth-order valence-electron chi connectivity index (χ4n) is 4.88. The van der Waals surface area contributed by atoms with E-state index in [1.165, 1.54) is 10.9 Å². The summed E-state index contributed by atoms with van der Waals surface area (Å²) in [6.07, 6.45) is -6.42. The Morgan fingerprint density at radius 3 is 2.58 bits per heavy atom. The van der Waals surface area contributed by atoms with E-state index in [4.69, 9.17) is 5.73 Å². The van der Waals surface area contributed by atoms with Crippen molar-refractivity contribution < 1.29 is 33.3 Å². The zero-order valence-electron chi connectivity index (χ0n) is 20.6. The first-order chi connectivity index (χ1) is 18.0. The van der Waals surface area contributed by atoms with Gasteiger partial charge in [-0.2, -0.15) is 23.1 Å². The standard InChI is InChI=1S/C24H30F3N7O4/c1-2-8-33(22(38)24(25,26)27)15-10-16(19(37)18(15)36)34-12-29-17-20(28)31-23(32-21(17)34)30-14(11-35)9-13-6-4-3-5-7-13/h3-7,12,14-16,18-19,35-37H,2,8-11H2,1H3,(H3,28,30,31,32)/t14-,15-,16+,18+,19-/m0/s1. The number of halogens is 3. The normalized spacial score (nSPS) is 22.5. The fraction of sp³-hybridized carbons (Fsp3) is 0.500. The Labute approximate surface area is 216 Å². The first kappa shape index (κ1) is 27.5. The van der Waals surface area contributed by atoms with Crippen LogP contribution in [0.15, 0.2) is 36.7 Å². The second kappa shape index (κ2) is 11.1. The Morgan fingerprint density at radius 1 is 1.24 bits per heavy atom. The number of rotatable bonds is 9. The molecule has 1 aliphatic carbocycles. The fourth-order valence-corrected chi connectivity index (χ4v) is 4.88. The molecule has 0 spiro atoms. The van der Waals surface area contributed by atoms with Crippen LogP contribution in [0.1, 0.15) is 31.4 Å². The lowest BCUT2D eigenvalue weighted by Gasteiger charge is -2.31. The highest BCUT2D eigenvalue weighted by atomic mass is 19.4. The number of fused-ring (bicyclic) bond motifs is 1. The molecular weight excluding hydrogens is 507 g/mol. The predicted molar refractivity (Wildman–Crippen MR) is 132 cm³/mol. The van der Waals surface area contributed by atoms with Crippen LogP contribution in [0.3, 0.4) is 0 Å². The highest BCUT2D eigenvalue weighted by Gasteiger charge is 2.51. The number of anilines is 2. The summed E-state index contributed by atoms with van der Waals surface area (Å²) in [5, 5.41) is 34.4. The van der Waals surface area contributed by atoms with Gasteiger partial charge in [-0.3, -0.25) is 4.79 Å². The molecule has 1 aliphatic rings. The Balaban J connectivity index is 1.62. The Hall–Kier alpha value is -3.49. The van der Waals surface area contributed by atoms with Crippen molar-refractivity contribution in [1.82, 2.24) is 24.4 Å². The topological polar surface area (TPSA) is 163 Å². The number of nitrogen functional groups attached to an aromatic ring is 1. The van der Waals surface area contributed by atoms with Crippen LogP contribution < -0.4 is 11.1 Å². The van der Waals surface area contributed by atoms with Crippen molar-refractivity contribution in [2.45, 2.75) is 62.7 Å². The number of benzene rings is 1. The summed E-state index contributed by atoms with van der Waals surface area (Å²) in [6, 6.07) is 6.78. The van der Waals surface area contributed by atoms with E-state index in [2.05, 4.69) is 20.3 Å². The maximum Gasteiger partial charge on any atom is 0.471 e. The monoisotopic (exact) mass is 537 g/mol. The lowest BCUT2D eigenvalue weighted by Crippen LogP contribution is -2.51. The molecule has 0 radical (unpaired) electrons. The number of aromatic nitrogens is 4. The largest absolute Gasteiger partial charge is 0.471 e. The lowest BCUT2D eigenvalue weighted by molar-refractivity contribution is -0.190. The van der Waals surface area contributed by atoms with E-state index < -0.39 is 42.4 Å². The number of imidazole rings is 1. The number of carbonyl (C=O) groups is 1. The summed E-state index contributed by atoms with van der Waals surface area (Å²) in [4.78, 5) is 25.5. The van der Waals surface area contributed by atoms with Crippen LogP contribution in [-0.4, -0.2) is 89.3 Å². The molecule has 1 amide bonds. The maximum atomic E-state index is 13.2. The number of aliphatic hydroxyl groups excluding tert-OH is 3. The molecule has 6 N–H and O–H groups in total. The van der Waals surface area contributed by atoms with E-state index in [1.807, 2.05) is 30.3 Å². The van der Waals surface area contributed by atoms with Gasteiger partial charge in [-0.1, -0.05) is 37.3 Å². The third-order valence-electron chi connectivity index (χ3n) is 6.67. The van der Waals surface area contributed by atoms with Crippen molar-refractivity contribution >= 4 is 28.8 Å². The van der Waals surface area contributed by atoms with Gasteiger partial charge in [0.2, 0.25) is 5.95 Å². The molecule has 0 aliphatic heterocycles. The predicted octanol–water partition coefficient (Wildman–Crippen LogP) is 1.26. The smallest absolute Gasteiger partial charge is 0.394 e. The third kappa shape index (κ3) is 5.51. The number of nitrogens with two attached hydrogens (primary N) is 1. The molecule has 5 atom stereocenters. The molecule has 1 fully saturated rings. The highest BCUT2D eigenvalue weighted by molar-refractivity contribution is 5.83. The van der Waals surface area contributed by atoms with E-state index in [1.54, 1.807) is 6.92 Å². The van der Waals surface area contributed by atoms with E-state index in [-0.39, 0.29) is 48.9 Å². The lowest BCUT2D eigenvalue weighted by atomic mass is 10.1. The molecule has 2 heterocycles. The molecule has 3 aromatic rings. The molecule has 0 saturated heterocycles. The Morgan fingerprint density at radius 2 is 1.95 bits per heavy atom.